The third kappa shape index (κ3) is 1.24. The third-order valence-electron chi connectivity index (χ3n) is 3.77. The lowest BCUT2D eigenvalue weighted by Gasteiger charge is -2.18. The van der Waals surface area contributed by atoms with Crippen LogP contribution < -0.4 is 9.64 Å². The average Bonchev–Trinajstić information content (AvgIpc) is 2.93. The second-order valence-corrected chi connectivity index (χ2v) is 4.85. The summed E-state index contributed by atoms with van der Waals surface area (Å²) in [4.78, 5) is 2.23. The molecule has 1 aromatic carbocycles. The van der Waals surface area contributed by atoms with Crippen LogP contribution >= 0.6 is 0 Å². The Hall–Kier alpha value is -1.22. The molecule has 16 heavy (non-hydrogen) atoms. The normalized spacial score (nSPS) is 20.8. The fourth-order valence-corrected chi connectivity index (χ4v) is 2.60. The molecule has 3 rings (SSSR count). The molecule has 2 aliphatic rings. The number of hydrogen-bond acceptors (Lipinski definition) is 3. The van der Waals surface area contributed by atoms with Crippen LogP contribution in [0, 0.1) is 0 Å². The number of benzene rings is 1. The molecule has 1 aliphatic heterocycles. The lowest BCUT2D eigenvalue weighted by Crippen LogP contribution is -2.12. The largest absolute Gasteiger partial charge is 0.496 e. The van der Waals surface area contributed by atoms with E-state index in [-0.39, 0.29) is 0 Å². The van der Waals surface area contributed by atoms with E-state index >= 15 is 0 Å². The molecular weight excluding hydrogens is 202 g/mol. The maximum absolute atomic E-state index is 10.2. The minimum Gasteiger partial charge on any atom is -0.496 e. The third-order valence-corrected chi connectivity index (χ3v) is 3.77. The maximum atomic E-state index is 10.2. The number of ether oxygens (including phenoxy) is 1. The minimum atomic E-state index is -0.610. The smallest absolute Gasteiger partial charge is 0.130 e. The second-order valence-electron chi connectivity index (χ2n) is 4.85. The van der Waals surface area contributed by atoms with Crippen molar-refractivity contribution in [2.75, 3.05) is 25.6 Å². The van der Waals surface area contributed by atoms with Gasteiger partial charge in [-0.05, 0) is 25.3 Å². The molecule has 0 spiro atoms. The summed E-state index contributed by atoms with van der Waals surface area (Å²) < 4.78 is 5.52. The first-order chi connectivity index (χ1) is 7.65. The van der Waals surface area contributed by atoms with Crippen LogP contribution in [-0.2, 0) is 12.0 Å². The summed E-state index contributed by atoms with van der Waals surface area (Å²) >= 11 is 0. The first kappa shape index (κ1) is 9.97. The number of likely N-dealkylation sites (N-methyl/N-ethyl adjacent to an activating group) is 1. The fraction of sp³-hybridized carbons (Fsp3) is 0.538. The van der Waals surface area contributed by atoms with Gasteiger partial charge in [0, 0.05) is 30.4 Å². The van der Waals surface area contributed by atoms with Crippen molar-refractivity contribution in [1.82, 2.24) is 0 Å². The van der Waals surface area contributed by atoms with Gasteiger partial charge < -0.3 is 14.7 Å². The first-order valence-corrected chi connectivity index (χ1v) is 5.79. The fourth-order valence-electron chi connectivity index (χ4n) is 2.60. The summed E-state index contributed by atoms with van der Waals surface area (Å²) in [6.07, 6.45) is 2.73. The highest BCUT2D eigenvalue weighted by molar-refractivity contribution is 5.66. The summed E-state index contributed by atoms with van der Waals surface area (Å²) in [5, 5.41) is 10.2. The van der Waals surface area contributed by atoms with E-state index in [1.165, 1.54) is 11.3 Å². The molecule has 1 aliphatic carbocycles. The SMILES string of the molecule is COc1c(C2(O)CC2)ccc2c1CCN2C. The Labute approximate surface area is 95.6 Å². The molecule has 0 aromatic heterocycles. The summed E-state index contributed by atoms with van der Waals surface area (Å²) in [5.74, 6) is 0.904. The molecule has 0 amide bonds. The van der Waals surface area contributed by atoms with Crippen molar-refractivity contribution in [2.24, 2.45) is 0 Å². The topological polar surface area (TPSA) is 32.7 Å². The van der Waals surface area contributed by atoms with E-state index < -0.39 is 5.60 Å². The van der Waals surface area contributed by atoms with Gasteiger partial charge in [-0.25, -0.2) is 0 Å². The molecule has 3 heteroatoms. The van der Waals surface area contributed by atoms with Crippen LogP contribution in [0.15, 0.2) is 12.1 Å². The van der Waals surface area contributed by atoms with Crippen molar-refractivity contribution in [3.05, 3.63) is 23.3 Å². The van der Waals surface area contributed by atoms with Gasteiger partial charge in [-0.15, -0.1) is 0 Å². The maximum Gasteiger partial charge on any atom is 0.130 e. The zero-order chi connectivity index (χ0) is 11.3. The number of rotatable bonds is 2. The van der Waals surface area contributed by atoms with Gasteiger partial charge in [0.05, 0.1) is 12.7 Å². The average molecular weight is 219 g/mol. The van der Waals surface area contributed by atoms with Gasteiger partial charge in [-0.2, -0.15) is 0 Å². The monoisotopic (exact) mass is 219 g/mol. The zero-order valence-electron chi connectivity index (χ0n) is 9.79. The van der Waals surface area contributed by atoms with Crippen LogP contribution in [0.3, 0.4) is 0 Å². The molecule has 1 fully saturated rings. The van der Waals surface area contributed by atoms with E-state index in [1.807, 2.05) is 6.07 Å². The number of methoxy groups -OCH3 is 1. The van der Waals surface area contributed by atoms with Gasteiger partial charge in [-0.1, -0.05) is 6.07 Å². The Kier molecular flexibility index (Phi) is 1.96. The lowest BCUT2D eigenvalue weighted by atomic mass is 10.0. The van der Waals surface area contributed by atoms with Gasteiger partial charge in [0.1, 0.15) is 5.75 Å². The highest BCUT2D eigenvalue weighted by atomic mass is 16.5. The highest BCUT2D eigenvalue weighted by Gasteiger charge is 2.45. The van der Waals surface area contributed by atoms with Crippen LogP contribution in [0.5, 0.6) is 5.75 Å². The predicted molar refractivity (Wildman–Crippen MR) is 63.1 cm³/mol. The molecule has 0 saturated heterocycles. The van der Waals surface area contributed by atoms with E-state index in [0.29, 0.717) is 0 Å². The molecule has 1 saturated carbocycles. The van der Waals surface area contributed by atoms with Gasteiger partial charge >= 0.3 is 0 Å². The Bertz CT molecular complexity index is 438. The molecular formula is C13H17NO2. The quantitative estimate of drug-likeness (QED) is 0.821. The molecule has 1 heterocycles. The van der Waals surface area contributed by atoms with Crippen molar-refractivity contribution in [1.29, 1.82) is 0 Å². The lowest BCUT2D eigenvalue weighted by molar-refractivity contribution is 0.147. The highest BCUT2D eigenvalue weighted by Crippen LogP contribution is 2.51. The van der Waals surface area contributed by atoms with E-state index in [4.69, 9.17) is 4.74 Å². The summed E-state index contributed by atoms with van der Waals surface area (Å²) in [6, 6.07) is 4.13. The van der Waals surface area contributed by atoms with E-state index in [0.717, 1.165) is 37.1 Å². The Morgan fingerprint density at radius 2 is 2.12 bits per heavy atom. The van der Waals surface area contributed by atoms with Crippen molar-refractivity contribution < 1.29 is 9.84 Å². The van der Waals surface area contributed by atoms with Crippen LogP contribution in [0.1, 0.15) is 24.0 Å². The van der Waals surface area contributed by atoms with Gasteiger partial charge in [0.15, 0.2) is 0 Å². The van der Waals surface area contributed by atoms with Crippen molar-refractivity contribution in [3.63, 3.8) is 0 Å². The molecule has 0 radical (unpaired) electrons. The summed E-state index contributed by atoms with van der Waals surface area (Å²) in [5.41, 5.74) is 2.86. The molecule has 3 nitrogen and oxygen atoms in total. The molecule has 0 atom stereocenters. The zero-order valence-corrected chi connectivity index (χ0v) is 9.79. The van der Waals surface area contributed by atoms with Crippen LogP contribution in [0.2, 0.25) is 0 Å². The molecule has 1 N–H and O–H groups in total. The second kappa shape index (κ2) is 3.14. The first-order valence-electron chi connectivity index (χ1n) is 5.79. The Morgan fingerprint density at radius 3 is 2.75 bits per heavy atom. The Morgan fingerprint density at radius 1 is 1.38 bits per heavy atom. The molecule has 1 aromatic rings. The van der Waals surface area contributed by atoms with Crippen molar-refractivity contribution in [2.45, 2.75) is 24.9 Å². The van der Waals surface area contributed by atoms with Crippen LogP contribution in [-0.4, -0.2) is 25.8 Å². The van der Waals surface area contributed by atoms with Crippen LogP contribution in [0.4, 0.5) is 5.69 Å². The molecule has 86 valence electrons. The van der Waals surface area contributed by atoms with Gasteiger partial charge in [0.25, 0.3) is 0 Å². The predicted octanol–water partition coefficient (Wildman–Crippen LogP) is 1.67. The number of nitrogens with zero attached hydrogens (tertiary/aromatic N) is 1. The Balaban J connectivity index is 2.15. The van der Waals surface area contributed by atoms with Gasteiger partial charge in [0.2, 0.25) is 0 Å². The number of anilines is 1. The summed E-state index contributed by atoms with van der Waals surface area (Å²) in [6.45, 7) is 1.04. The molecule has 0 bridgehead atoms. The van der Waals surface area contributed by atoms with E-state index in [9.17, 15) is 5.11 Å². The number of aliphatic hydroxyl groups is 1. The van der Waals surface area contributed by atoms with Crippen molar-refractivity contribution >= 4 is 5.69 Å². The number of hydrogen-bond donors (Lipinski definition) is 1. The molecule has 0 unspecified atom stereocenters. The van der Waals surface area contributed by atoms with Gasteiger partial charge in [-0.3, -0.25) is 0 Å². The van der Waals surface area contributed by atoms with Crippen LogP contribution in [0.25, 0.3) is 0 Å². The standard InChI is InChI=1S/C13H17NO2/c1-14-8-5-9-11(14)4-3-10(12(9)16-2)13(15)6-7-13/h3-4,15H,5-8H2,1-2H3. The minimum absolute atomic E-state index is 0.610. The van der Waals surface area contributed by atoms with E-state index in [1.54, 1.807) is 7.11 Å². The van der Waals surface area contributed by atoms with Crippen molar-refractivity contribution in [3.8, 4) is 5.75 Å². The van der Waals surface area contributed by atoms with E-state index in [2.05, 4.69) is 18.0 Å². The number of fused-ring (bicyclic) bond motifs is 1. The summed E-state index contributed by atoms with van der Waals surface area (Å²) in [7, 11) is 3.79.